The van der Waals surface area contributed by atoms with E-state index in [1.807, 2.05) is 20.8 Å². The van der Waals surface area contributed by atoms with Crippen molar-refractivity contribution < 1.29 is 27.9 Å². The Kier molecular flexibility index (Phi) is 7.50. The number of hydrogen-bond donors (Lipinski definition) is 2. The molecule has 3 rings (SSSR count). The highest BCUT2D eigenvalue weighted by molar-refractivity contribution is 7.92. The van der Waals surface area contributed by atoms with Gasteiger partial charge in [0.1, 0.15) is 11.4 Å². The standard InChI is InChI=1S/C24H31N3O6S/c1-5-33-23(30)16-7-6-12-27(15-16)21-20(22(28)29)13-18(14-25-21)26-34(31,32)19-10-8-17(9-11-19)24(2,3)4/h8-11,13-14,16,26H,5-7,12,15H2,1-4H3,(H,28,29)/t16-/m0/s1. The SMILES string of the molecule is CCOC(=O)[C@H]1CCCN(c2ncc(NS(=O)(=O)c3ccc(C(C)(C)C)cc3)cc2C(=O)O)C1. The minimum Gasteiger partial charge on any atom is -0.478 e. The van der Waals surface area contributed by atoms with Crippen LogP contribution in [0.2, 0.25) is 0 Å². The van der Waals surface area contributed by atoms with Gasteiger partial charge in [-0.2, -0.15) is 0 Å². The van der Waals surface area contributed by atoms with Crippen molar-refractivity contribution in [3.63, 3.8) is 0 Å². The van der Waals surface area contributed by atoms with Gasteiger partial charge in [-0.1, -0.05) is 32.9 Å². The van der Waals surface area contributed by atoms with Crippen molar-refractivity contribution in [1.29, 1.82) is 0 Å². The summed E-state index contributed by atoms with van der Waals surface area (Å²) in [6.07, 6.45) is 2.63. The summed E-state index contributed by atoms with van der Waals surface area (Å²) in [5.41, 5.74) is 0.771. The molecule has 1 aliphatic rings. The molecular formula is C24H31N3O6S. The highest BCUT2D eigenvalue weighted by atomic mass is 32.2. The van der Waals surface area contributed by atoms with E-state index in [1.54, 1.807) is 24.0 Å². The Morgan fingerprint density at radius 2 is 1.91 bits per heavy atom. The number of ether oxygens (including phenoxy) is 1. The molecule has 0 saturated carbocycles. The van der Waals surface area contributed by atoms with E-state index in [1.165, 1.54) is 24.4 Å². The number of pyridine rings is 1. The largest absolute Gasteiger partial charge is 0.478 e. The van der Waals surface area contributed by atoms with E-state index in [0.29, 0.717) is 19.4 Å². The van der Waals surface area contributed by atoms with Crippen LogP contribution in [0.1, 0.15) is 56.5 Å². The van der Waals surface area contributed by atoms with E-state index in [0.717, 1.165) is 5.56 Å². The average molecular weight is 490 g/mol. The van der Waals surface area contributed by atoms with E-state index in [2.05, 4.69) is 9.71 Å². The van der Waals surface area contributed by atoms with Gasteiger partial charge in [0, 0.05) is 13.1 Å². The van der Waals surface area contributed by atoms with Gasteiger partial charge in [0.05, 0.1) is 29.3 Å². The molecule has 1 saturated heterocycles. The minimum absolute atomic E-state index is 0.0417. The molecule has 2 heterocycles. The van der Waals surface area contributed by atoms with E-state index in [9.17, 15) is 23.1 Å². The first-order valence-corrected chi connectivity index (χ1v) is 12.7. The van der Waals surface area contributed by atoms with Crippen LogP contribution in [-0.2, 0) is 25.0 Å². The second-order valence-electron chi connectivity index (χ2n) is 9.32. The van der Waals surface area contributed by atoms with E-state index < -0.39 is 16.0 Å². The summed E-state index contributed by atoms with van der Waals surface area (Å²) in [5.74, 6) is -1.73. The molecule has 9 nitrogen and oxygen atoms in total. The number of rotatable bonds is 7. The summed E-state index contributed by atoms with van der Waals surface area (Å²) in [6, 6.07) is 7.81. The van der Waals surface area contributed by atoms with Gasteiger partial charge in [0.2, 0.25) is 0 Å². The molecule has 0 bridgehead atoms. The van der Waals surface area contributed by atoms with Crippen molar-refractivity contribution in [2.45, 2.75) is 50.8 Å². The fraction of sp³-hybridized carbons (Fsp3) is 0.458. The molecule has 0 spiro atoms. The number of aromatic carboxylic acids is 1. The first-order valence-electron chi connectivity index (χ1n) is 11.2. The summed E-state index contributed by atoms with van der Waals surface area (Å²) >= 11 is 0. The van der Waals surface area contributed by atoms with E-state index >= 15 is 0 Å². The summed E-state index contributed by atoms with van der Waals surface area (Å²) < 4.78 is 33.2. The normalized spacial score (nSPS) is 16.7. The van der Waals surface area contributed by atoms with Crippen LogP contribution in [0.25, 0.3) is 0 Å². The Hall–Kier alpha value is -3.14. The molecule has 34 heavy (non-hydrogen) atoms. The number of hydrogen-bond acceptors (Lipinski definition) is 7. The van der Waals surface area contributed by atoms with Gasteiger partial charge < -0.3 is 14.7 Å². The molecule has 1 aliphatic heterocycles. The summed E-state index contributed by atoms with van der Waals surface area (Å²) in [7, 11) is -3.94. The molecule has 0 radical (unpaired) electrons. The Morgan fingerprint density at radius 1 is 1.24 bits per heavy atom. The Balaban J connectivity index is 1.84. The number of nitrogens with one attached hydrogen (secondary N) is 1. The Labute approximate surface area is 200 Å². The molecular weight excluding hydrogens is 458 g/mol. The Bertz CT molecular complexity index is 1160. The number of carbonyl (C=O) groups excluding carboxylic acids is 1. The third-order valence-electron chi connectivity index (χ3n) is 5.72. The van der Waals surface area contributed by atoms with Gasteiger partial charge in [0.25, 0.3) is 10.0 Å². The van der Waals surface area contributed by atoms with Crippen LogP contribution in [0.3, 0.4) is 0 Å². The molecule has 1 fully saturated rings. The molecule has 184 valence electrons. The van der Waals surface area contributed by atoms with Gasteiger partial charge in [-0.25, -0.2) is 18.2 Å². The van der Waals surface area contributed by atoms with Crippen molar-refractivity contribution >= 4 is 33.5 Å². The summed E-state index contributed by atoms with van der Waals surface area (Å²) in [5, 5.41) is 9.77. The molecule has 0 amide bonds. The quantitative estimate of drug-likeness (QED) is 0.565. The molecule has 0 aliphatic carbocycles. The highest BCUT2D eigenvalue weighted by Gasteiger charge is 2.30. The number of anilines is 2. The fourth-order valence-corrected chi connectivity index (χ4v) is 4.93. The number of carboxylic acids is 1. The second kappa shape index (κ2) is 10.0. The number of aromatic nitrogens is 1. The van der Waals surface area contributed by atoms with Gasteiger partial charge in [0.15, 0.2) is 0 Å². The zero-order chi connectivity index (χ0) is 25.1. The molecule has 1 atom stereocenters. The number of carboxylic acid groups (broad SMARTS) is 1. The maximum atomic E-state index is 12.9. The maximum Gasteiger partial charge on any atom is 0.339 e. The van der Waals surface area contributed by atoms with E-state index in [4.69, 9.17) is 4.74 Å². The van der Waals surface area contributed by atoms with Crippen molar-refractivity contribution in [2.24, 2.45) is 5.92 Å². The van der Waals surface area contributed by atoms with Gasteiger partial charge in [-0.05, 0) is 48.9 Å². The number of piperidine rings is 1. The van der Waals surface area contributed by atoms with Crippen molar-refractivity contribution in [3.05, 3.63) is 47.7 Å². The monoisotopic (exact) mass is 489 g/mol. The lowest BCUT2D eigenvalue weighted by molar-refractivity contribution is -0.148. The van der Waals surface area contributed by atoms with Gasteiger partial charge in [-0.15, -0.1) is 0 Å². The lowest BCUT2D eigenvalue weighted by atomic mass is 9.87. The number of sulfonamides is 1. The molecule has 2 N–H and O–H groups in total. The Morgan fingerprint density at radius 3 is 2.50 bits per heavy atom. The van der Waals surface area contributed by atoms with Crippen molar-refractivity contribution in [3.8, 4) is 0 Å². The number of nitrogens with zero attached hydrogens (tertiary/aromatic N) is 2. The van der Waals surface area contributed by atoms with Gasteiger partial charge >= 0.3 is 11.9 Å². The molecule has 1 aromatic heterocycles. The molecule has 2 aromatic rings. The third-order valence-corrected chi connectivity index (χ3v) is 7.12. The predicted octanol–water partition coefficient (Wildman–Crippen LogP) is 3.66. The van der Waals surface area contributed by atoms with Crippen LogP contribution in [0, 0.1) is 5.92 Å². The fourth-order valence-electron chi connectivity index (χ4n) is 3.89. The van der Waals surface area contributed by atoms with Crippen LogP contribution in [0.15, 0.2) is 41.4 Å². The van der Waals surface area contributed by atoms with Crippen LogP contribution >= 0.6 is 0 Å². The predicted molar refractivity (Wildman–Crippen MR) is 129 cm³/mol. The number of benzene rings is 1. The zero-order valence-corrected chi connectivity index (χ0v) is 20.7. The minimum atomic E-state index is -3.94. The smallest absolute Gasteiger partial charge is 0.339 e. The van der Waals surface area contributed by atoms with Crippen LogP contribution in [0.5, 0.6) is 0 Å². The second-order valence-corrected chi connectivity index (χ2v) is 11.0. The molecule has 0 unspecified atom stereocenters. The summed E-state index contributed by atoms with van der Waals surface area (Å²) in [4.78, 5) is 30.2. The topological polar surface area (TPSA) is 126 Å². The first-order chi connectivity index (χ1) is 15.9. The molecule has 10 heteroatoms. The third kappa shape index (κ3) is 5.85. The maximum absolute atomic E-state index is 12.9. The molecule has 1 aromatic carbocycles. The zero-order valence-electron chi connectivity index (χ0n) is 19.9. The van der Waals surface area contributed by atoms with Gasteiger partial charge in [-0.3, -0.25) is 9.52 Å². The van der Waals surface area contributed by atoms with Crippen LogP contribution < -0.4 is 9.62 Å². The lowest BCUT2D eigenvalue weighted by Gasteiger charge is -2.33. The van der Waals surface area contributed by atoms with Crippen molar-refractivity contribution in [1.82, 2.24) is 4.98 Å². The first kappa shape index (κ1) is 25.5. The van der Waals surface area contributed by atoms with E-state index in [-0.39, 0.29) is 52.4 Å². The van der Waals surface area contributed by atoms with Crippen LogP contribution in [-0.4, -0.2) is 50.1 Å². The van der Waals surface area contributed by atoms with Crippen LogP contribution in [0.4, 0.5) is 11.5 Å². The number of esters is 1. The average Bonchev–Trinajstić information content (AvgIpc) is 2.78. The van der Waals surface area contributed by atoms with Crippen molar-refractivity contribution in [2.75, 3.05) is 29.3 Å². The lowest BCUT2D eigenvalue weighted by Crippen LogP contribution is -2.40. The number of carbonyl (C=O) groups is 2. The highest BCUT2D eigenvalue weighted by Crippen LogP contribution is 2.29. The summed E-state index contributed by atoms with van der Waals surface area (Å²) in [6.45, 7) is 8.95.